The Balaban J connectivity index is 1.59. The van der Waals surface area contributed by atoms with Crippen molar-refractivity contribution in [1.82, 2.24) is 4.90 Å². The molecule has 0 spiro atoms. The molecule has 7 heteroatoms. The van der Waals surface area contributed by atoms with Crippen molar-refractivity contribution in [3.63, 3.8) is 0 Å². The summed E-state index contributed by atoms with van der Waals surface area (Å²) in [5, 5.41) is 9.83. The van der Waals surface area contributed by atoms with Gasteiger partial charge in [0.25, 0.3) is 0 Å². The Morgan fingerprint density at radius 2 is 2.19 bits per heavy atom. The van der Waals surface area contributed by atoms with Gasteiger partial charge < -0.3 is 14.9 Å². The summed E-state index contributed by atoms with van der Waals surface area (Å²) in [7, 11) is 2.07. The summed E-state index contributed by atoms with van der Waals surface area (Å²) in [6.07, 6.45) is 0.113. The molecule has 1 N–H and O–H groups in total. The Morgan fingerprint density at radius 1 is 1.37 bits per heavy atom. The minimum atomic E-state index is -0.813. The van der Waals surface area contributed by atoms with Gasteiger partial charge in [-0.3, -0.25) is 0 Å². The summed E-state index contributed by atoms with van der Waals surface area (Å²) in [4.78, 5) is 16.0. The SMILES string of the molecule is CN(CC1CCN(C(=O)O)C1)c1cccc(SCc2ccc(Cl)cc2Br)c1. The number of nitrogens with zero attached hydrogens (tertiary/aromatic N) is 2. The number of carboxylic acid groups (broad SMARTS) is 1. The van der Waals surface area contributed by atoms with Crippen molar-refractivity contribution in [2.45, 2.75) is 17.1 Å². The molecule has 4 nitrogen and oxygen atoms in total. The molecule has 0 bridgehead atoms. The fourth-order valence-electron chi connectivity index (χ4n) is 3.26. The van der Waals surface area contributed by atoms with E-state index in [0.717, 1.165) is 33.9 Å². The largest absolute Gasteiger partial charge is 0.465 e. The number of anilines is 1. The second-order valence-corrected chi connectivity index (χ2v) is 9.13. The van der Waals surface area contributed by atoms with Crippen molar-refractivity contribution in [2.24, 2.45) is 5.92 Å². The Hall–Kier alpha value is -1.37. The lowest BCUT2D eigenvalue weighted by Crippen LogP contribution is -2.30. The van der Waals surface area contributed by atoms with Crippen molar-refractivity contribution in [3.05, 3.63) is 57.5 Å². The number of halogens is 2. The van der Waals surface area contributed by atoms with E-state index in [1.54, 1.807) is 11.8 Å². The van der Waals surface area contributed by atoms with Gasteiger partial charge in [0, 0.05) is 52.5 Å². The number of carbonyl (C=O) groups is 1. The summed E-state index contributed by atoms with van der Waals surface area (Å²) in [5.41, 5.74) is 2.37. The standard InChI is InChI=1S/C20H22BrClN2O2S/c1-23(11-14-7-8-24(12-14)20(25)26)17-3-2-4-18(10-17)27-13-15-5-6-16(22)9-19(15)21/h2-6,9-10,14H,7-8,11-13H2,1H3,(H,25,26). The van der Waals surface area contributed by atoms with E-state index >= 15 is 0 Å². The van der Waals surface area contributed by atoms with Crippen LogP contribution in [0.4, 0.5) is 10.5 Å². The molecule has 1 unspecified atom stereocenters. The molecule has 2 aromatic carbocycles. The second-order valence-electron chi connectivity index (χ2n) is 6.79. The van der Waals surface area contributed by atoms with E-state index < -0.39 is 6.09 Å². The van der Waals surface area contributed by atoms with Gasteiger partial charge in [-0.05, 0) is 48.2 Å². The molecule has 144 valence electrons. The van der Waals surface area contributed by atoms with Crippen molar-refractivity contribution in [1.29, 1.82) is 0 Å². The molecule has 1 aliphatic rings. The van der Waals surface area contributed by atoms with Gasteiger partial charge in [-0.25, -0.2) is 4.79 Å². The van der Waals surface area contributed by atoms with Gasteiger partial charge in [0.15, 0.2) is 0 Å². The van der Waals surface area contributed by atoms with E-state index in [1.807, 2.05) is 18.2 Å². The third-order valence-corrected chi connectivity index (χ3v) is 6.77. The third-order valence-electron chi connectivity index (χ3n) is 4.76. The van der Waals surface area contributed by atoms with E-state index in [9.17, 15) is 4.79 Å². The molecule has 1 fully saturated rings. The first-order valence-corrected chi connectivity index (χ1v) is 10.9. The van der Waals surface area contributed by atoms with Crippen LogP contribution in [0.5, 0.6) is 0 Å². The first-order valence-electron chi connectivity index (χ1n) is 8.78. The Kier molecular flexibility index (Phi) is 6.95. The van der Waals surface area contributed by atoms with Crippen LogP contribution in [0.15, 0.2) is 51.8 Å². The van der Waals surface area contributed by atoms with Crippen LogP contribution in [0.1, 0.15) is 12.0 Å². The zero-order chi connectivity index (χ0) is 19.4. The van der Waals surface area contributed by atoms with Gasteiger partial charge in [0.05, 0.1) is 0 Å². The summed E-state index contributed by atoms with van der Waals surface area (Å²) < 4.78 is 1.03. The van der Waals surface area contributed by atoms with E-state index in [2.05, 4.69) is 52.1 Å². The molecule has 1 amide bonds. The van der Waals surface area contributed by atoms with E-state index in [4.69, 9.17) is 16.7 Å². The Morgan fingerprint density at radius 3 is 2.89 bits per heavy atom. The molecule has 0 saturated carbocycles. The van der Waals surface area contributed by atoms with Crippen LogP contribution in [0, 0.1) is 5.92 Å². The summed E-state index contributed by atoms with van der Waals surface area (Å²) in [5.74, 6) is 1.24. The quantitative estimate of drug-likeness (QED) is 0.541. The number of benzene rings is 2. The molecule has 1 aliphatic heterocycles. The van der Waals surface area contributed by atoms with Gasteiger partial charge in [-0.15, -0.1) is 11.8 Å². The van der Waals surface area contributed by atoms with Crippen LogP contribution in [0.3, 0.4) is 0 Å². The lowest BCUT2D eigenvalue weighted by molar-refractivity contribution is 0.154. The van der Waals surface area contributed by atoms with Gasteiger partial charge >= 0.3 is 6.09 Å². The highest BCUT2D eigenvalue weighted by atomic mass is 79.9. The van der Waals surface area contributed by atoms with Gasteiger partial charge in [-0.1, -0.05) is 39.7 Å². The molecule has 3 rings (SSSR count). The highest BCUT2D eigenvalue weighted by Crippen LogP contribution is 2.31. The van der Waals surface area contributed by atoms with E-state index in [0.29, 0.717) is 19.0 Å². The summed E-state index contributed by atoms with van der Waals surface area (Å²) >= 11 is 11.4. The number of hydrogen-bond acceptors (Lipinski definition) is 3. The fourth-order valence-corrected chi connectivity index (χ4v) is 5.22. The van der Waals surface area contributed by atoms with Crippen LogP contribution in [0.2, 0.25) is 5.02 Å². The lowest BCUT2D eigenvalue weighted by atomic mass is 10.1. The van der Waals surface area contributed by atoms with E-state index in [1.165, 1.54) is 15.4 Å². The fraction of sp³-hybridized carbons (Fsp3) is 0.350. The zero-order valence-electron chi connectivity index (χ0n) is 15.1. The van der Waals surface area contributed by atoms with Crippen LogP contribution in [0.25, 0.3) is 0 Å². The first kappa shape index (κ1) is 20.4. The normalized spacial score (nSPS) is 16.6. The average molecular weight is 470 g/mol. The van der Waals surface area contributed by atoms with E-state index in [-0.39, 0.29) is 0 Å². The number of likely N-dealkylation sites (tertiary alicyclic amines) is 1. The van der Waals surface area contributed by atoms with Crippen LogP contribution in [-0.2, 0) is 5.75 Å². The average Bonchev–Trinajstić information content (AvgIpc) is 3.10. The van der Waals surface area contributed by atoms with Gasteiger partial charge in [-0.2, -0.15) is 0 Å². The number of amides is 1. The smallest absolute Gasteiger partial charge is 0.407 e. The zero-order valence-corrected chi connectivity index (χ0v) is 18.2. The van der Waals surface area contributed by atoms with Gasteiger partial charge in [0.1, 0.15) is 0 Å². The number of hydrogen-bond donors (Lipinski definition) is 1. The maximum Gasteiger partial charge on any atom is 0.407 e. The summed E-state index contributed by atoms with van der Waals surface area (Å²) in [6.45, 7) is 2.12. The van der Waals surface area contributed by atoms with Crippen molar-refractivity contribution in [3.8, 4) is 0 Å². The molecule has 0 radical (unpaired) electrons. The summed E-state index contributed by atoms with van der Waals surface area (Å²) in [6, 6.07) is 14.4. The predicted octanol–water partition coefficient (Wildman–Crippen LogP) is 5.83. The molecule has 1 saturated heterocycles. The molecule has 27 heavy (non-hydrogen) atoms. The van der Waals surface area contributed by atoms with Crippen LogP contribution < -0.4 is 4.90 Å². The number of rotatable bonds is 6. The minimum absolute atomic E-state index is 0.382. The molecule has 1 atom stereocenters. The highest BCUT2D eigenvalue weighted by Gasteiger charge is 2.26. The number of thioether (sulfide) groups is 1. The molecular formula is C20H22BrClN2O2S. The lowest BCUT2D eigenvalue weighted by Gasteiger charge is -2.23. The minimum Gasteiger partial charge on any atom is -0.465 e. The Labute approximate surface area is 177 Å². The van der Waals surface area contributed by atoms with Gasteiger partial charge in [0.2, 0.25) is 0 Å². The molecule has 2 aromatic rings. The molecule has 0 aromatic heterocycles. The second kappa shape index (κ2) is 9.22. The van der Waals surface area contributed by atoms with Crippen LogP contribution in [-0.4, -0.2) is 42.8 Å². The van der Waals surface area contributed by atoms with Crippen molar-refractivity contribution < 1.29 is 9.90 Å². The predicted molar refractivity (Wildman–Crippen MR) is 116 cm³/mol. The Bertz CT molecular complexity index is 820. The van der Waals surface area contributed by atoms with Crippen molar-refractivity contribution >= 4 is 51.1 Å². The van der Waals surface area contributed by atoms with Crippen molar-refractivity contribution in [2.75, 3.05) is 31.6 Å². The molecular weight excluding hydrogens is 448 g/mol. The highest BCUT2D eigenvalue weighted by molar-refractivity contribution is 9.10. The maximum atomic E-state index is 11.1. The maximum absolute atomic E-state index is 11.1. The van der Waals surface area contributed by atoms with Crippen LogP contribution >= 0.6 is 39.3 Å². The topological polar surface area (TPSA) is 43.8 Å². The third kappa shape index (κ3) is 5.56. The molecule has 1 heterocycles. The first-order chi connectivity index (χ1) is 12.9. The monoisotopic (exact) mass is 468 g/mol. The molecule has 0 aliphatic carbocycles.